The number of hydrogen-bond acceptors (Lipinski definition) is 4. The second-order valence-corrected chi connectivity index (χ2v) is 9.04. The molecule has 0 radical (unpaired) electrons. The van der Waals surface area contributed by atoms with Gasteiger partial charge in [-0.2, -0.15) is 0 Å². The Morgan fingerprint density at radius 1 is 1.12 bits per heavy atom. The van der Waals surface area contributed by atoms with E-state index < -0.39 is 5.97 Å². The summed E-state index contributed by atoms with van der Waals surface area (Å²) in [5.41, 5.74) is 6.36. The SMILES string of the molecule is Cc1ncc(C(=O)O)c(-c2ccc(C)c(C)c2)n1.c1ccc2c(CCNCC3CC3)c[nH]c2c1. The summed E-state index contributed by atoms with van der Waals surface area (Å²) < 4.78 is 0. The van der Waals surface area contributed by atoms with Crippen LogP contribution in [0.25, 0.3) is 22.2 Å². The lowest BCUT2D eigenvalue weighted by Crippen LogP contribution is -2.19. The number of aryl methyl sites for hydroxylation is 3. The normalized spacial score (nSPS) is 12.9. The highest BCUT2D eigenvalue weighted by atomic mass is 16.4. The van der Waals surface area contributed by atoms with Crippen LogP contribution in [-0.4, -0.2) is 39.1 Å². The van der Waals surface area contributed by atoms with Crippen molar-refractivity contribution in [2.45, 2.75) is 40.0 Å². The first-order chi connectivity index (χ1) is 16.4. The highest BCUT2D eigenvalue weighted by molar-refractivity contribution is 5.94. The fraction of sp³-hybridized carbons (Fsp3) is 0.321. The van der Waals surface area contributed by atoms with Gasteiger partial charge in [0.05, 0.1) is 5.69 Å². The third kappa shape index (κ3) is 5.88. The molecule has 0 aliphatic heterocycles. The lowest BCUT2D eigenvalue weighted by Gasteiger charge is -2.08. The maximum absolute atomic E-state index is 11.2. The van der Waals surface area contributed by atoms with E-state index in [4.69, 9.17) is 5.11 Å². The number of nitrogens with zero attached hydrogens (tertiary/aromatic N) is 2. The molecular weight excluding hydrogens is 424 g/mol. The van der Waals surface area contributed by atoms with E-state index in [1.165, 1.54) is 47.6 Å². The fourth-order valence-corrected chi connectivity index (χ4v) is 3.92. The molecule has 0 amide bonds. The summed E-state index contributed by atoms with van der Waals surface area (Å²) in [5, 5.41) is 14.1. The Labute approximate surface area is 200 Å². The quantitative estimate of drug-likeness (QED) is 0.321. The zero-order chi connectivity index (χ0) is 24.1. The Morgan fingerprint density at radius 3 is 2.65 bits per heavy atom. The highest BCUT2D eigenvalue weighted by Gasteiger charge is 2.20. The molecule has 1 aliphatic carbocycles. The topological polar surface area (TPSA) is 90.9 Å². The van der Waals surface area contributed by atoms with Gasteiger partial charge in [0.15, 0.2) is 0 Å². The number of rotatable bonds is 7. The molecule has 2 aromatic carbocycles. The van der Waals surface area contributed by atoms with Crippen molar-refractivity contribution < 1.29 is 9.90 Å². The summed E-state index contributed by atoms with van der Waals surface area (Å²) in [4.78, 5) is 22.7. The van der Waals surface area contributed by atoms with E-state index in [-0.39, 0.29) is 5.56 Å². The van der Waals surface area contributed by atoms with Crippen LogP contribution < -0.4 is 5.32 Å². The van der Waals surface area contributed by atoms with Crippen LogP contribution >= 0.6 is 0 Å². The van der Waals surface area contributed by atoms with Gasteiger partial charge in [-0.1, -0.05) is 30.3 Å². The minimum atomic E-state index is -1.01. The highest BCUT2D eigenvalue weighted by Crippen LogP contribution is 2.27. The van der Waals surface area contributed by atoms with Crippen molar-refractivity contribution >= 4 is 16.9 Å². The molecule has 176 valence electrons. The second-order valence-electron chi connectivity index (χ2n) is 9.04. The van der Waals surface area contributed by atoms with Gasteiger partial charge in [-0.05, 0) is 87.9 Å². The molecule has 3 N–H and O–H groups in total. The molecule has 0 atom stereocenters. The molecule has 2 aromatic heterocycles. The Balaban J connectivity index is 0.000000162. The molecule has 6 nitrogen and oxygen atoms in total. The van der Waals surface area contributed by atoms with E-state index in [0.717, 1.165) is 30.0 Å². The van der Waals surface area contributed by atoms with Crippen molar-refractivity contribution in [3.63, 3.8) is 0 Å². The van der Waals surface area contributed by atoms with E-state index in [9.17, 15) is 4.79 Å². The standard InChI is InChI=1S/C14H14N2O2.C14H18N2/c1-8-4-5-11(6-9(8)2)13-12(14(17)18)7-15-10(3)16-13;1-2-4-14-13(3-1)12(10-16-14)7-8-15-9-11-5-6-11/h4-7H,1-3H3,(H,17,18);1-4,10-11,15-16H,5-9H2. The first-order valence-electron chi connectivity index (χ1n) is 11.8. The van der Waals surface area contributed by atoms with Gasteiger partial charge in [-0.25, -0.2) is 14.8 Å². The Morgan fingerprint density at radius 2 is 1.91 bits per heavy atom. The molecule has 1 saturated carbocycles. The van der Waals surface area contributed by atoms with E-state index in [1.54, 1.807) is 6.92 Å². The average molecular weight is 457 g/mol. The molecule has 0 bridgehead atoms. The molecule has 2 heterocycles. The molecule has 0 unspecified atom stereocenters. The Kier molecular flexibility index (Phi) is 7.38. The average Bonchev–Trinajstić information content (AvgIpc) is 3.57. The van der Waals surface area contributed by atoms with Crippen LogP contribution in [0.2, 0.25) is 0 Å². The van der Waals surface area contributed by atoms with Gasteiger partial charge in [0.1, 0.15) is 11.4 Å². The molecule has 0 spiro atoms. The zero-order valence-electron chi connectivity index (χ0n) is 20.1. The Hall–Kier alpha value is -3.51. The molecule has 0 saturated heterocycles. The van der Waals surface area contributed by atoms with Gasteiger partial charge < -0.3 is 15.4 Å². The van der Waals surface area contributed by atoms with Gasteiger partial charge in [0.2, 0.25) is 0 Å². The smallest absolute Gasteiger partial charge is 0.339 e. The van der Waals surface area contributed by atoms with Crippen molar-refractivity contribution in [3.8, 4) is 11.3 Å². The van der Waals surface area contributed by atoms with E-state index in [2.05, 4.69) is 50.7 Å². The maximum atomic E-state index is 11.2. The number of carboxylic acids is 1. The molecule has 6 heteroatoms. The summed E-state index contributed by atoms with van der Waals surface area (Å²) >= 11 is 0. The third-order valence-electron chi connectivity index (χ3n) is 6.30. The van der Waals surface area contributed by atoms with Crippen molar-refractivity contribution in [1.29, 1.82) is 0 Å². The number of H-pyrrole nitrogens is 1. The van der Waals surface area contributed by atoms with Crippen molar-refractivity contribution in [2.24, 2.45) is 5.92 Å². The maximum Gasteiger partial charge on any atom is 0.339 e. The van der Waals surface area contributed by atoms with Crippen LogP contribution in [0.5, 0.6) is 0 Å². The minimum Gasteiger partial charge on any atom is -0.478 e. The van der Waals surface area contributed by atoms with Crippen LogP contribution in [0.15, 0.2) is 54.9 Å². The second kappa shape index (κ2) is 10.6. The number of aromatic carboxylic acids is 1. The number of aromatic nitrogens is 3. The van der Waals surface area contributed by atoms with Crippen molar-refractivity contribution in [1.82, 2.24) is 20.3 Å². The summed E-state index contributed by atoms with van der Waals surface area (Å²) in [7, 11) is 0. The molecule has 1 aliphatic rings. The lowest BCUT2D eigenvalue weighted by molar-refractivity contribution is 0.0697. The molecule has 1 fully saturated rings. The summed E-state index contributed by atoms with van der Waals surface area (Å²) in [6.07, 6.45) is 7.48. The first kappa shape index (κ1) is 23.6. The Bertz CT molecular complexity index is 1290. The number of aromatic amines is 1. The van der Waals surface area contributed by atoms with E-state index in [1.807, 2.05) is 32.0 Å². The lowest BCUT2D eigenvalue weighted by atomic mass is 10.0. The summed E-state index contributed by atoms with van der Waals surface area (Å²) in [6, 6.07) is 14.3. The van der Waals surface area contributed by atoms with E-state index in [0.29, 0.717) is 11.5 Å². The fourth-order valence-electron chi connectivity index (χ4n) is 3.92. The van der Waals surface area contributed by atoms with Gasteiger partial charge in [0, 0.05) is 28.9 Å². The van der Waals surface area contributed by atoms with Crippen LogP contribution in [0.1, 0.15) is 45.7 Å². The molecule has 5 rings (SSSR count). The number of benzene rings is 2. The predicted octanol–water partition coefficient (Wildman–Crippen LogP) is 5.48. The summed E-state index contributed by atoms with van der Waals surface area (Å²) in [5.74, 6) is 0.527. The van der Waals surface area contributed by atoms with E-state index >= 15 is 0 Å². The van der Waals surface area contributed by atoms with Gasteiger partial charge in [0.25, 0.3) is 0 Å². The third-order valence-corrected chi connectivity index (χ3v) is 6.30. The van der Waals surface area contributed by atoms with Crippen molar-refractivity contribution in [3.05, 3.63) is 82.9 Å². The van der Waals surface area contributed by atoms with Crippen LogP contribution in [0.3, 0.4) is 0 Å². The number of carboxylic acid groups (broad SMARTS) is 1. The minimum absolute atomic E-state index is 0.129. The summed E-state index contributed by atoms with van der Waals surface area (Å²) in [6.45, 7) is 8.06. The number of fused-ring (bicyclic) bond motifs is 1. The van der Waals surface area contributed by atoms with Gasteiger partial charge >= 0.3 is 5.97 Å². The van der Waals surface area contributed by atoms with Crippen LogP contribution in [0, 0.1) is 26.7 Å². The number of nitrogens with one attached hydrogen (secondary N) is 2. The zero-order valence-corrected chi connectivity index (χ0v) is 20.1. The molecule has 34 heavy (non-hydrogen) atoms. The number of para-hydroxylation sites is 1. The number of hydrogen-bond donors (Lipinski definition) is 3. The van der Waals surface area contributed by atoms with Crippen molar-refractivity contribution in [2.75, 3.05) is 13.1 Å². The van der Waals surface area contributed by atoms with Gasteiger partial charge in [-0.15, -0.1) is 0 Å². The molecular formula is C28H32N4O2. The molecule has 4 aromatic rings. The number of carbonyl (C=O) groups is 1. The largest absolute Gasteiger partial charge is 0.478 e. The predicted molar refractivity (Wildman–Crippen MR) is 136 cm³/mol. The monoisotopic (exact) mass is 456 g/mol. The van der Waals surface area contributed by atoms with Gasteiger partial charge in [-0.3, -0.25) is 0 Å². The van der Waals surface area contributed by atoms with Crippen LogP contribution in [-0.2, 0) is 6.42 Å². The van der Waals surface area contributed by atoms with Crippen LogP contribution in [0.4, 0.5) is 0 Å². The first-order valence-corrected chi connectivity index (χ1v) is 11.8.